The zero-order chi connectivity index (χ0) is 16.2. The second kappa shape index (κ2) is 6.23. The summed E-state index contributed by atoms with van der Waals surface area (Å²) in [7, 11) is 0. The van der Waals surface area contributed by atoms with Crippen LogP contribution in [-0.4, -0.2) is 32.8 Å². The summed E-state index contributed by atoms with van der Waals surface area (Å²) in [5, 5.41) is 13.7. The number of nitriles is 1. The van der Waals surface area contributed by atoms with E-state index in [0.29, 0.717) is 23.5 Å². The first-order valence-electron chi connectivity index (χ1n) is 7.11. The van der Waals surface area contributed by atoms with Crippen molar-refractivity contribution in [2.75, 3.05) is 6.61 Å². The average Bonchev–Trinajstić information content (AvgIpc) is 2.91. The Balaban J connectivity index is 2.21. The number of aromatic nitrogens is 4. The molecular formula is C16H14N6O. The van der Waals surface area contributed by atoms with E-state index < -0.39 is 0 Å². The Morgan fingerprint density at radius 2 is 2.09 bits per heavy atom. The van der Waals surface area contributed by atoms with Crippen molar-refractivity contribution in [3.63, 3.8) is 0 Å². The van der Waals surface area contributed by atoms with Crippen LogP contribution in [0.4, 0.5) is 5.82 Å². The summed E-state index contributed by atoms with van der Waals surface area (Å²) >= 11 is 0. The van der Waals surface area contributed by atoms with Gasteiger partial charge < -0.3 is 4.74 Å². The molecule has 0 radical (unpaired) electrons. The number of aryl methyl sites for hydroxylation is 1. The fourth-order valence-electron chi connectivity index (χ4n) is 2.13. The smallest absolute Gasteiger partial charge is 0.194 e. The monoisotopic (exact) mass is 306 g/mol. The van der Waals surface area contributed by atoms with Crippen LogP contribution in [0.3, 0.4) is 0 Å². The minimum absolute atomic E-state index is 0.143. The van der Waals surface area contributed by atoms with Crippen molar-refractivity contribution in [3.8, 4) is 11.8 Å². The van der Waals surface area contributed by atoms with Crippen LogP contribution in [0.2, 0.25) is 0 Å². The van der Waals surface area contributed by atoms with Crippen molar-refractivity contribution in [2.24, 2.45) is 4.99 Å². The Labute approximate surface area is 132 Å². The highest BCUT2D eigenvalue weighted by molar-refractivity contribution is 5.78. The van der Waals surface area contributed by atoms with Crippen molar-refractivity contribution in [2.45, 2.75) is 13.8 Å². The topological polar surface area (TPSA) is 89.0 Å². The van der Waals surface area contributed by atoms with Crippen LogP contribution in [0.15, 0.2) is 35.3 Å². The molecule has 0 spiro atoms. The molecule has 2 aromatic heterocycles. The number of benzene rings is 1. The molecule has 0 aliphatic carbocycles. The Hall–Kier alpha value is -3.27. The van der Waals surface area contributed by atoms with Gasteiger partial charge in [-0.2, -0.15) is 15.4 Å². The quantitative estimate of drug-likeness (QED) is 0.546. The fourth-order valence-corrected chi connectivity index (χ4v) is 2.13. The molecular weight excluding hydrogens is 292 g/mol. The van der Waals surface area contributed by atoms with Gasteiger partial charge in [0.1, 0.15) is 11.6 Å². The van der Waals surface area contributed by atoms with Crippen LogP contribution in [-0.2, 0) is 4.74 Å². The van der Waals surface area contributed by atoms with E-state index in [-0.39, 0.29) is 11.5 Å². The van der Waals surface area contributed by atoms with E-state index in [1.165, 1.54) is 6.40 Å². The molecule has 7 heteroatoms. The predicted molar refractivity (Wildman–Crippen MR) is 85.9 cm³/mol. The van der Waals surface area contributed by atoms with Gasteiger partial charge in [-0.15, -0.1) is 0 Å². The Kier molecular flexibility index (Phi) is 3.97. The highest BCUT2D eigenvalue weighted by atomic mass is 16.5. The molecule has 3 aromatic rings. The zero-order valence-corrected chi connectivity index (χ0v) is 12.8. The van der Waals surface area contributed by atoms with Gasteiger partial charge in [-0.3, -0.25) is 0 Å². The predicted octanol–water partition coefficient (Wildman–Crippen LogP) is 2.69. The van der Waals surface area contributed by atoms with E-state index in [4.69, 9.17) is 4.74 Å². The second-order valence-corrected chi connectivity index (χ2v) is 4.70. The molecule has 0 amide bonds. The number of hydrogen-bond donors (Lipinski definition) is 0. The summed E-state index contributed by atoms with van der Waals surface area (Å²) in [6.07, 6.45) is 1.27. The minimum atomic E-state index is 0.143. The standard InChI is InChI=1S/C16H14N6O/c1-3-23-10-18-15-13(9-17)19-14-11(2)21-22(16(14)20-15)12-7-5-4-6-8-12/h4-8,10H,3H2,1-2H3/b18-10+. The molecule has 114 valence electrons. The van der Waals surface area contributed by atoms with E-state index in [0.717, 1.165) is 5.69 Å². The van der Waals surface area contributed by atoms with Gasteiger partial charge >= 0.3 is 0 Å². The number of para-hydroxylation sites is 1. The molecule has 1 aromatic carbocycles. The van der Waals surface area contributed by atoms with Gasteiger partial charge in [-0.05, 0) is 26.0 Å². The maximum Gasteiger partial charge on any atom is 0.194 e. The molecule has 0 bridgehead atoms. The third-order valence-corrected chi connectivity index (χ3v) is 3.18. The molecule has 3 rings (SSSR count). The SMILES string of the molecule is CCO/C=N/c1nc2c(nc1C#N)c(C)nn2-c1ccccc1. The van der Waals surface area contributed by atoms with Crippen LogP contribution in [0.25, 0.3) is 16.9 Å². The van der Waals surface area contributed by atoms with Crippen molar-refractivity contribution in [1.82, 2.24) is 19.7 Å². The van der Waals surface area contributed by atoms with Crippen LogP contribution in [0, 0.1) is 18.3 Å². The lowest BCUT2D eigenvalue weighted by molar-refractivity contribution is 0.344. The molecule has 0 aliphatic rings. The molecule has 0 saturated heterocycles. The number of fused-ring (bicyclic) bond motifs is 1. The molecule has 0 saturated carbocycles. The number of ether oxygens (including phenoxy) is 1. The molecule has 2 heterocycles. The first-order valence-corrected chi connectivity index (χ1v) is 7.11. The summed E-state index contributed by atoms with van der Waals surface area (Å²) in [6, 6.07) is 11.6. The molecule has 0 unspecified atom stereocenters. The number of hydrogen-bond acceptors (Lipinski definition) is 6. The summed E-state index contributed by atoms with van der Waals surface area (Å²) in [6.45, 7) is 4.17. The maximum absolute atomic E-state index is 9.25. The van der Waals surface area contributed by atoms with Crippen molar-refractivity contribution in [1.29, 1.82) is 5.26 Å². The average molecular weight is 306 g/mol. The van der Waals surface area contributed by atoms with Crippen molar-refractivity contribution < 1.29 is 4.74 Å². The number of aliphatic imine (C=N–C) groups is 1. The van der Waals surface area contributed by atoms with Crippen LogP contribution in [0.1, 0.15) is 18.3 Å². The van der Waals surface area contributed by atoms with Gasteiger partial charge in [-0.1, -0.05) is 18.2 Å². The normalized spacial score (nSPS) is 11.0. The summed E-state index contributed by atoms with van der Waals surface area (Å²) in [5.74, 6) is 0.213. The van der Waals surface area contributed by atoms with Crippen LogP contribution < -0.4 is 0 Å². The zero-order valence-electron chi connectivity index (χ0n) is 12.8. The van der Waals surface area contributed by atoms with E-state index in [1.807, 2.05) is 50.2 Å². The maximum atomic E-state index is 9.25. The van der Waals surface area contributed by atoms with E-state index in [9.17, 15) is 5.26 Å². The molecule has 0 aliphatic heterocycles. The minimum Gasteiger partial charge on any atom is -0.483 e. The van der Waals surface area contributed by atoms with Crippen LogP contribution >= 0.6 is 0 Å². The van der Waals surface area contributed by atoms with Gasteiger partial charge in [0.2, 0.25) is 0 Å². The lowest BCUT2D eigenvalue weighted by Gasteiger charge is -2.03. The van der Waals surface area contributed by atoms with Crippen molar-refractivity contribution >= 4 is 23.4 Å². The Bertz CT molecular complexity index is 908. The van der Waals surface area contributed by atoms with Gasteiger partial charge in [-0.25, -0.2) is 14.6 Å². The van der Waals surface area contributed by atoms with Gasteiger partial charge in [0.25, 0.3) is 0 Å². The summed E-state index contributed by atoms with van der Waals surface area (Å²) in [5.41, 5.74) is 2.85. The summed E-state index contributed by atoms with van der Waals surface area (Å²) in [4.78, 5) is 12.9. The van der Waals surface area contributed by atoms with E-state index in [1.54, 1.807) is 4.68 Å². The molecule has 7 nitrogen and oxygen atoms in total. The third-order valence-electron chi connectivity index (χ3n) is 3.18. The lowest BCUT2D eigenvalue weighted by Crippen LogP contribution is -1.99. The van der Waals surface area contributed by atoms with E-state index in [2.05, 4.69) is 20.1 Å². The first-order chi connectivity index (χ1) is 11.2. The molecule has 0 fully saturated rings. The highest BCUT2D eigenvalue weighted by Crippen LogP contribution is 2.23. The first kappa shape index (κ1) is 14.7. The third kappa shape index (κ3) is 2.74. The lowest BCUT2D eigenvalue weighted by atomic mass is 10.3. The molecule has 0 atom stereocenters. The second-order valence-electron chi connectivity index (χ2n) is 4.70. The Morgan fingerprint density at radius 1 is 1.30 bits per heavy atom. The van der Waals surface area contributed by atoms with Gasteiger partial charge in [0.15, 0.2) is 23.6 Å². The number of rotatable bonds is 4. The fraction of sp³-hybridized carbons (Fsp3) is 0.188. The summed E-state index contributed by atoms with van der Waals surface area (Å²) < 4.78 is 6.77. The molecule has 23 heavy (non-hydrogen) atoms. The highest BCUT2D eigenvalue weighted by Gasteiger charge is 2.16. The Morgan fingerprint density at radius 3 is 2.78 bits per heavy atom. The van der Waals surface area contributed by atoms with Gasteiger partial charge in [0, 0.05) is 0 Å². The van der Waals surface area contributed by atoms with Gasteiger partial charge in [0.05, 0.1) is 18.0 Å². The largest absolute Gasteiger partial charge is 0.483 e. The van der Waals surface area contributed by atoms with E-state index >= 15 is 0 Å². The molecule has 0 N–H and O–H groups in total. The number of nitrogens with zero attached hydrogens (tertiary/aromatic N) is 6. The van der Waals surface area contributed by atoms with Crippen LogP contribution in [0.5, 0.6) is 0 Å². The van der Waals surface area contributed by atoms with Crippen molar-refractivity contribution in [3.05, 3.63) is 41.7 Å².